The summed E-state index contributed by atoms with van der Waals surface area (Å²) in [5, 5.41) is 3.69. The molecule has 0 heterocycles. The van der Waals surface area contributed by atoms with Crippen LogP contribution in [0.5, 0.6) is 0 Å². The molecule has 0 fully saturated rings. The van der Waals surface area contributed by atoms with Crippen molar-refractivity contribution < 1.29 is 0 Å². The van der Waals surface area contributed by atoms with E-state index in [-0.39, 0.29) is 0 Å². The first kappa shape index (κ1) is 21.8. The number of unbranched alkanes of at least 4 members (excludes halogenated alkanes) is 2. The summed E-state index contributed by atoms with van der Waals surface area (Å²) in [5.41, 5.74) is 6.04. The number of hydrogen-bond acceptors (Lipinski definition) is 4. The molecule has 0 aliphatic rings. The molecule has 0 amide bonds. The number of rotatable bonds is 14. The van der Waals surface area contributed by atoms with Crippen LogP contribution in [0.2, 0.25) is 0 Å². The Bertz CT molecular complexity index is 227. The van der Waals surface area contributed by atoms with E-state index in [9.17, 15) is 0 Å². The van der Waals surface area contributed by atoms with E-state index >= 15 is 0 Å². The second-order valence-electron chi connectivity index (χ2n) is 6.87. The van der Waals surface area contributed by atoms with Gasteiger partial charge in [-0.25, -0.2) is 0 Å². The lowest BCUT2D eigenvalue weighted by molar-refractivity contribution is 0.140. The van der Waals surface area contributed by atoms with Crippen LogP contribution >= 0.6 is 0 Å². The van der Waals surface area contributed by atoms with Gasteiger partial charge < -0.3 is 5.73 Å². The molecule has 0 saturated carbocycles. The zero-order chi connectivity index (χ0) is 17.0. The van der Waals surface area contributed by atoms with Crippen molar-refractivity contribution in [1.29, 1.82) is 0 Å². The Kier molecular flexibility index (Phi) is 13.2. The fraction of sp³-hybridized carbons (Fsp3) is 1.00. The quantitative estimate of drug-likeness (QED) is 0.484. The minimum atomic E-state index is 0.319. The van der Waals surface area contributed by atoms with Gasteiger partial charge in [0.2, 0.25) is 0 Å². The molecular formula is C18H42N4. The third-order valence-corrected chi connectivity index (χ3v) is 4.34. The largest absolute Gasteiger partial charge is 0.328 e. The van der Waals surface area contributed by atoms with E-state index in [1.165, 1.54) is 25.7 Å². The summed E-state index contributed by atoms with van der Waals surface area (Å²) in [5.74, 6) is 0. The molecular weight excluding hydrogens is 272 g/mol. The van der Waals surface area contributed by atoms with Crippen molar-refractivity contribution in [3.8, 4) is 0 Å². The summed E-state index contributed by atoms with van der Waals surface area (Å²) >= 11 is 0. The minimum Gasteiger partial charge on any atom is -0.328 e. The molecule has 134 valence electrons. The highest BCUT2D eigenvalue weighted by molar-refractivity contribution is 4.74. The molecule has 0 aromatic heterocycles. The summed E-state index contributed by atoms with van der Waals surface area (Å²) < 4.78 is 0. The van der Waals surface area contributed by atoms with Gasteiger partial charge in [0.25, 0.3) is 0 Å². The second-order valence-corrected chi connectivity index (χ2v) is 6.87. The van der Waals surface area contributed by atoms with Gasteiger partial charge in [-0.05, 0) is 53.6 Å². The third kappa shape index (κ3) is 9.09. The van der Waals surface area contributed by atoms with E-state index in [0.717, 1.165) is 26.2 Å². The van der Waals surface area contributed by atoms with E-state index in [4.69, 9.17) is 5.73 Å². The van der Waals surface area contributed by atoms with E-state index in [2.05, 4.69) is 56.7 Å². The summed E-state index contributed by atoms with van der Waals surface area (Å²) in [6.07, 6.45) is 5.32. The number of nitrogens with two attached hydrogens (primary N) is 1. The van der Waals surface area contributed by atoms with Gasteiger partial charge in [0.15, 0.2) is 0 Å². The lowest BCUT2D eigenvalue weighted by atomic mass is 10.2. The zero-order valence-corrected chi connectivity index (χ0v) is 16.1. The molecule has 0 spiro atoms. The lowest BCUT2D eigenvalue weighted by Crippen LogP contribution is -2.53. The van der Waals surface area contributed by atoms with Crippen LogP contribution < -0.4 is 11.1 Å². The van der Waals surface area contributed by atoms with Gasteiger partial charge in [-0.1, -0.05) is 26.7 Å². The molecule has 0 aliphatic heterocycles. The Morgan fingerprint density at radius 1 is 0.864 bits per heavy atom. The van der Waals surface area contributed by atoms with Crippen molar-refractivity contribution in [2.24, 2.45) is 5.73 Å². The van der Waals surface area contributed by atoms with Gasteiger partial charge in [0, 0.05) is 31.7 Å². The first-order valence-electron chi connectivity index (χ1n) is 9.41. The van der Waals surface area contributed by atoms with Crippen molar-refractivity contribution in [2.75, 3.05) is 32.7 Å². The number of nitrogens with zero attached hydrogens (tertiary/aromatic N) is 2. The highest BCUT2D eigenvalue weighted by atomic mass is 15.3. The molecule has 0 aliphatic carbocycles. The normalized spacial score (nSPS) is 13.8. The van der Waals surface area contributed by atoms with Gasteiger partial charge >= 0.3 is 0 Å². The predicted octanol–water partition coefficient (Wildman–Crippen LogP) is 2.88. The second kappa shape index (κ2) is 13.3. The Hall–Kier alpha value is -0.160. The van der Waals surface area contributed by atoms with Gasteiger partial charge in [-0.2, -0.15) is 0 Å². The molecule has 0 radical (unpaired) electrons. The Labute approximate surface area is 139 Å². The monoisotopic (exact) mass is 314 g/mol. The minimum absolute atomic E-state index is 0.319. The molecule has 0 saturated heterocycles. The molecule has 0 bridgehead atoms. The maximum Gasteiger partial charge on any atom is 0.0724 e. The molecule has 0 aromatic rings. The van der Waals surface area contributed by atoms with Gasteiger partial charge in [-0.15, -0.1) is 0 Å². The molecule has 1 atom stereocenters. The fourth-order valence-corrected chi connectivity index (χ4v) is 2.98. The lowest BCUT2D eigenvalue weighted by Gasteiger charge is -2.34. The van der Waals surface area contributed by atoms with Crippen molar-refractivity contribution in [3.63, 3.8) is 0 Å². The SMILES string of the molecule is CCCCN(CCCC)C(CN)NCCN(C(C)C)C(C)C. The summed E-state index contributed by atoms with van der Waals surface area (Å²) in [6.45, 7) is 18.7. The smallest absolute Gasteiger partial charge is 0.0724 e. The van der Waals surface area contributed by atoms with E-state index < -0.39 is 0 Å². The topological polar surface area (TPSA) is 44.5 Å². The third-order valence-electron chi connectivity index (χ3n) is 4.34. The molecule has 0 rings (SSSR count). The Morgan fingerprint density at radius 3 is 1.73 bits per heavy atom. The molecule has 1 unspecified atom stereocenters. The van der Waals surface area contributed by atoms with Gasteiger partial charge in [-0.3, -0.25) is 15.1 Å². The van der Waals surface area contributed by atoms with Gasteiger partial charge in [0.1, 0.15) is 0 Å². The average Bonchev–Trinajstić information content (AvgIpc) is 2.47. The van der Waals surface area contributed by atoms with Crippen LogP contribution in [0.25, 0.3) is 0 Å². The summed E-state index contributed by atoms with van der Waals surface area (Å²) in [7, 11) is 0. The molecule has 22 heavy (non-hydrogen) atoms. The number of hydrogen-bond donors (Lipinski definition) is 2. The van der Waals surface area contributed by atoms with Crippen LogP contribution in [0.15, 0.2) is 0 Å². The van der Waals surface area contributed by atoms with Crippen LogP contribution in [-0.4, -0.2) is 60.8 Å². The maximum absolute atomic E-state index is 6.04. The van der Waals surface area contributed by atoms with Crippen LogP contribution in [0.1, 0.15) is 67.2 Å². The molecule has 0 aromatic carbocycles. The van der Waals surface area contributed by atoms with Crippen molar-refractivity contribution in [3.05, 3.63) is 0 Å². The van der Waals surface area contributed by atoms with Crippen LogP contribution in [0.3, 0.4) is 0 Å². The fourth-order valence-electron chi connectivity index (χ4n) is 2.98. The van der Waals surface area contributed by atoms with E-state index in [0.29, 0.717) is 24.8 Å². The Morgan fingerprint density at radius 2 is 1.36 bits per heavy atom. The standard InChI is InChI=1S/C18H42N4/c1-7-9-12-21(13-10-8-2)18(15-19)20-11-14-22(16(3)4)17(5)6/h16-18,20H,7-15,19H2,1-6H3. The van der Waals surface area contributed by atoms with Crippen molar-refractivity contribution in [1.82, 2.24) is 15.1 Å². The van der Waals surface area contributed by atoms with Gasteiger partial charge in [0.05, 0.1) is 6.17 Å². The zero-order valence-electron chi connectivity index (χ0n) is 16.1. The average molecular weight is 315 g/mol. The van der Waals surface area contributed by atoms with Crippen molar-refractivity contribution >= 4 is 0 Å². The van der Waals surface area contributed by atoms with E-state index in [1.807, 2.05) is 0 Å². The predicted molar refractivity (Wildman–Crippen MR) is 99.2 cm³/mol. The summed E-state index contributed by atoms with van der Waals surface area (Å²) in [6, 6.07) is 1.18. The molecule has 3 N–H and O–H groups in total. The van der Waals surface area contributed by atoms with Crippen LogP contribution in [0, 0.1) is 0 Å². The summed E-state index contributed by atoms with van der Waals surface area (Å²) in [4.78, 5) is 5.07. The molecule has 4 heteroatoms. The number of nitrogens with one attached hydrogen (secondary N) is 1. The molecule has 4 nitrogen and oxygen atoms in total. The highest BCUT2D eigenvalue weighted by Gasteiger charge is 2.17. The van der Waals surface area contributed by atoms with Crippen LogP contribution in [-0.2, 0) is 0 Å². The van der Waals surface area contributed by atoms with E-state index in [1.54, 1.807) is 0 Å². The Balaban J connectivity index is 4.38. The highest BCUT2D eigenvalue weighted by Crippen LogP contribution is 2.05. The van der Waals surface area contributed by atoms with Crippen LogP contribution in [0.4, 0.5) is 0 Å². The van der Waals surface area contributed by atoms with Crippen molar-refractivity contribution in [2.45, 2.75) is 85.5 Å². The first-order chi connectivity index (χ1) is 10.5. The maximum atomic E-state index is 6.04. The first-order valence-corrected chi connectivity index (χ1v) is 9.41.